The molecule has 0 radical (unpaired) electrons. The van der Waals surface area contributed by atoms with Gasteiger partial charge in [-0.2, -0.15) is 0 Å². The second-order valence-electron chi connectivity index (χ2n) is 4.13. The highest BCUT2D eigenvalue weighted by Crippen LogP contribution is 2.27. The summed E-state index contributed by atoms with van der Waals surface area (Å²) in [4.78, 5) is 0. The van der Waals surface area contributed by atoms with Crippen molar-refractivity contribution in [3.63, 3.8) is 0 Å². The van der Waals surface area contributed by atoms with Gasteiger partial charge >= 0.3 is 0 Å². The maximum absolute atomic E-state index is 9.57. The fourth-order valence-corrected chi connectivity index (χ4v) is 2.05. The summed E-state index contributed by atoms with van der Waals surface area (Å²) >= 11 is 5.85. The maximum atomic E-state index is 9.57. The van der Waals surface area contributed by atoms with Gasteiger partial charge in [0.15, 0.2) is 0 Å². The molecule has 0 heterocycles. The molecule has 1 atom stereocenters. The van der Waals surface area contributed by atoms with E-state index >= 15 is 0 Å². The van der Waals surface area contributed by atoms with Crippen molar-refractivity contribution in [3.8, 4) is 5.75 Å². The van der Waals surface area contributed by atoms with Gasteiger partial charge < -0.3 is 15.2 Å². The van der Waals surface area contributed by atoms with E-state index in [-0.39, 0.29) is 12.6 Å². The number of rotatable bonds is 5. The molecule has 0 aliphatic carbocycles. The van der Waals surface area contributed by atoms with E-state index in [2.05, 4.69) is 5.32 Å². The van der Waals surface area contributed by atoms with E-state index in [4.69, 9.17) is 16.3 Å². The summed E-state index contributed by atoms with van der Waals surface area (Å²) < 4.78 is 5.31. The Hall–Kier alpha value is -1.71. The minimum atomic E-state index is -0.225. The fraction of sp³-hybridized carbons (Fsp3) is 0.200. The van der Waals surface area contributed by atoms with E-state index in [9.17, 15) is 5.11 Å². The van der Waals surface area contributed by atoms with Crippen LogP contribution in [0.1, 0.15) is 11.6 Å². The van der Waals surface area contributed by atoms with Crippen LogP contribution in [0.2, 0.25) is 5.02 Å². The lowest BCUT2D eigenvalue weighted by molar-refractivity contribution is 0.273. The molecule has 0 saturated heterocycles. The zero-order valence-electron chi connectivity index (χ0n) is 10.6. The number of methoxy groups -OCH3 is 1. The highest BCUT2D eigenvalue weighted by Gasteiger charge is 2.14. The molecule has 0 bridgehead atoms. The van der Waals surface area contributed by atoms with Crippen LogP contribution in [-0.2, 0) is 0 Å². The molecular formula is C15H16ClNO2. The Balaban J connectivity index is 2.22. The molecule has 19 heavy (non-hydrogen) atoms. The predicted molar refractivity (Wildman–Crippen MR) is 77.9 cm³/mol. The Morgan fingerprint density at radius 1 is 1.16 bits per heavy atom. The largest absolute Gasteiger partial charge is 0.496 e. The number of hydrogen-bond donors (Lipinski definition) is 2. The van der Waals surface area contributed by atoms with Gasteiger partial charge in [0, 0.05) is 16.3 Å². The fourth-order valence-electron chi connectivity index (χ4n) is 1.92. The van der Waals surface area contributed by atoms with E-state index < -0.39 is 0 Å². The number of para-hydroxylation sites is 1. The van der Waals surface area contributed by atoms with Crippen LogP contribution >= 0.6 is 11.6 Å². The smallest absolute Gasteiger partial charge is 0.124 e. The highest BCUT2D eigenvalue weighted by atomic mass is 35.5. The van der Waals surface area contributed by atoms with Crippen molar-refractivity contribution in [2.75, 3.05) is 19.0 Å². The summed E-state index contributed by atoms with van der Waals surface area (Å²) in [6.07, 6.45) is 0. The van der Waals surface area contributed by atoms with E-state index in [0.717, 1.165) is 17.0 Å². The summed E-state index contributed by atoms with van der Waals surface area (Å²) in [6.45, 7) is -0.0248. The summed E-state index contributed by atoms with van der Waals surface area (Å²) in [7, 11) is 1.62. The van der Waals surface area contributed by atoms with Crippen molar-refractivity contribution in [3.05, 3.63) is 59.1 Å². The zero-order chi connectivity index (χ0) is 13.7. The summed E-state index contributed by atoms with van der Waals surface area (Å²) in [6, 6.07) is 14.8. The first-order chi connectivity index (χ1) is 9.24. The molecule has 0 aliphatic rings. The first-order valence-electron chi connectivity index (χ1n) is 6.00. The molecule has 0 aromatic heterocycles. The lowest BCUT2D eigenvalue weighted by atomic mass is 10.1. The molecule has 3 nitrogen and oxygen atoms in total. The van der Waals surface area contributed by atoms with Crippen LogP contribution in [0.15, 0.2) is 48.5 Å². The number of benzene rings is 2. The number of halogens is 1. The highest BCUT2D eigenvalue weighted by molar-refractivity contribution is 6.30. The average molecular weight is 278 g/mol. The number of nitrogens with one attached hydrogen (secondary N) is 1. The number of ether oxygens (including phenoxy) is 1. The van der Waals surface area contributed by atoms with Crippen LogP contribution < -0.4 is 10.1 Å². The van der Waals surface area contributed by atoms with Crippen LogP contribution in [0, 0.1) is 0 Å². The SMILES string of the molecule is COc1ccccc1C(CO)Nc1ccc(Cl)cc1. The van der Waals surface area contributed by atoms with Gasteiger partial charge in [0.25, 0.3) is 0 Å². The summed E-state index contributed by atoms with van der Waals surface area (Å²) in [5, 5.41) is 13.5. The van der Waals surface area contributed by atoms with Crippen molar-refractivity contribution < 1.29 is 9.84 Å². The molecular weight excluding hydrogens is 262 g/mol. The molecule has 2 N–H and O–H groups in total. The van der Waals surface area contributed by atoms with Crippen molar-refractivity contribution in [1.29, 1.82) is 0 Å². The monoisotopic (exact) mass is 277 g/mol. The Morgan fingerprint density at radius 2 is 1.84 bits per heavy atom. The lowest BCUT2D eigenvalue weighted by Crippen LogP contribution is -2.15. The molecule has 0 fully saturated rings. The van der Waals surface area contributed by atoms with Gasteiger partial charge in [-0.15, -0.1) is 0 Å². The molecule has 2 rings (SSSR count). The molecule has 0 saturated carbocycles. The third-order valence-corrected chi connectivity index (χ3v) is 3.13. The van der Waals surface area contributed by atoms with Crippen molar-refractivity contribution in [2.24, 2.45) is 0 Å². The average Bonchev–Trinajstić information content (AvgIpc) is 2.46. The maximum Gasteiger partial charge on any atom is 0.124 e. The van der Waals surface area contributed by atoms with Gasteiger partial charge in [0.1, 0.15) is 5.75 Å². The van der Waals surface area contributed by atoms with Gasteiger partial charge in [-0.05, 0) is 30.3 Å². The van der Waals surface area contributed by atoms with Gasteiger partial charge in [-0.3, -0.25) is 0 Å². The molecule has 0 aliphatic heterocycles. The number of aliphatic hydroxyl groups excluding tert-OH is 1. The van der Waals surface area contributed by atoms with Gasteiger partial charge in [-0.25, -0.2) is 0 Å². The van der Waals surface area contributed by atoms with Gasteiger partial charge in [0.2, 0.25) is 0 Å². The Morgan fingerprint density at radius 3 is 2.47 bits per heavy atom. The van der Waals surface area contributed by atoms with E-state index in [1.165, 1.54) is 0 Å². The van der Waals surface area contributed by atoms with E-state index in [0.29, 0.717) is 5.02 Å². The summed E-state index contributed by atoms with van der Waals surface area (Å²) in [5.41, 5.74) is 1.82. The standard InChI is InChI=1S/C15H16ClNO2/c1-19-15-5-3-2-4-13(15)14(10-18)17-12-8-6-11(16)7-9-12/h2-9,14,17-18H,10H2,1H3. The topological polar surface area (TPSA) is 41.5 Å². The first kappa shape index (κ1) is 13.7. The lowest BCUT2D eigenvalue weighted by Gasteiger charge is -2.20. The van der Waals surface area contributed by atoms with E-state index in [1.54, 1.807) is 19.2 Å². The quantitative estimate of drug-likeness (QED) is 0.879. The molecule has 0 amide bonds. The number of aliphatic hydroxyl groups is 1. The molecule has 4 heteroatoms. The van der Waals surface area contributed by atoms with Crippen molar-refractivity contribution in [2.45, 2.75) is 6.04 Å². The van der Waals surface area contributed by atoms with Crippen molar-refractivity contribution >= 4 is 17.3 Å². The molecule has 2 aromatic rings. The second-order valence-corrected chi connectivity index (χ2v) is 4.56. The van der Waals surface area contributed by atoms with Crippen LogP contribution in [0.25, 0.3) is 0 Å². The van der Waals surface area contributed by atoms with Crippen LogP contribution in [0.4, 0.5) is 5.69 Å². The Kier molecular flexibility index (Phi) is 4.66. The zero-order valence-corrected chi connectivity index (χ0v) is 11.4. The Bertz CT molecular complexity index is 528. The molecule has 2 aromatic carbocycles. The second kappa shape index (κ2) is 6.45. The van der Waals surface area contributed by atoms with Gasteiger partial charge in [0.05, 0.1) is 19.8 Å². The third kappa shape index (κ3) is 3.40. The normalized spacial score (nSPS) is 11.9. The van der Waals surface area contributed by atoms with Crippen LogP contribution in [0.5, 0.6) is 5.75 Å². The predicted octanol–water partition coefficient (Wildman–Crippen LogP) is 3.49. The van der Waals surface area contributed by atoms with Crippen LogP contribution in [0.3, 0.4) is 0 Å². The third-order valence-electron chi connectivity index (χ3n) is 2.88. The van der Waals surface area contributed by atoms with Crippen LogP contribution in [-0.4, -0.2) is 18.8 Å². The summed E-state index contributed by atoms with van der Waals surface area (Å²) in [5.74, 6) is 0.753. The minimum Gasteiger partial charge on any atom is -0.496 e. The Labute approximate surface area is 117 Å². The minimum absolute atomic E-state index is 0.0248. The number of hydrogen-bond acceptors (Lipinski definition) is 3. The molecule has 1 unspecified atom stereocenters. The first-order valence-corrected chi connectivity index (χ1v) is 6.38. The molecule has 0 spiro atoms. The number of anilines is 1. The molecule has 100 valence electrons. The van der Waals surface area contributed by atoms with Gasteiger partial charge in [-0.1, -0.05) is 29.8 Å². The van der Waals surface area contributed by atoms with Crippen molar-refractivity contribution in [1.82, 2.24) is 0 Å². The van der Waals surface area contributed by atoms with E-state index in [1.807, 2.05) is 36.4 Å².